The van der Waals surface area contributed by atoms with E-state index in [-0.39, 0.29) is 18.2 Å². The lowest BCUT2D eigenvalue weighted by atomic mass is 10.00. The Hall–Kier alpha value is -2.69. The van der Waals surface area contributed by atoms with Gasteiger partial charge >= 0.3 is 0 Å². The highest BCUT2D eigenvalue weighted by Crippen LogP contribution is 2.41. The van der Waals surface area contributed by atoms with Gasteiger partial charge in [-0.15, -0.1) is 0 Å². The number of rotatable bonds is 4. The maximum atomic E-state index is 13.1. The Morgan fingerprint density at radius 2 is 2.12 bits per heavy atom. The molecule has 0 fully saturated rings. The third-order valence-electron chi connectivity index (χ3n) is 5.03. The van der Waals surface area contributed by atoms with Crippen molar-refractivity contribution in [1.29, 1.82) is 0 Å². The summed E-state index contributed by atoms with van der Waals surface area (Å²) in [6.45, 7) is 4.81. The number of nitrogens with one attached hydrogen (secondary N) is 1. The van der Waals surface area contributed by atoms with Gasteiger partial charge in [-0.2, -0.15) is 0 Å². The van der Waals surface area contributed by atoms with E-state index in [0.717, 1.165) is 41.2 Å². The molecular formula is C21H24N2O3. The summed E-state index contributed by atoms with van der Waals surface area (Å²) in [6, 6.07) is 11.7. The minimum absolute atomic E-state index is 0.0445. The third kappa shape index (κ3) is 2.68. The van der Waals surface area contributed by atoms with E-state index in [1.54, 1.807) is 7.11 Å². The first-order valence-corrected chi connectivity index (χ1v) is 9.16. The molecule has 4 rings (SSSR count). The zero-order valence-electron chi connectivity index (χ0n) is 15.4. The number of nitrogens with zero attached hydrogens (tertiary/aromatic N) is 1. The summed E-state index contributed by atoms with van der Waals surface area (Å²) in [4.78, 5) is 15.0. The van der Waals surface area contributed by atoms with Gasteiger partial charge in [0.05, 0.1) is 12.7 Å². The summed E-state index contributed by atoms with van der Waals surface area (Å²) in [5.41, 5.74) is 3.65. The Labute approximate surface area is 153 Å². The van der Waals surface area contributed by atoms with E-state index < -0.39 is 0 Å². The van der Waals surface area contributed by atoms with Crippen molar-refractivity contribution in [3.05, 3.63) is 53.1 Å². The average molecular weight is 352 g/mol. The minimum Gasteiger partial charge on any atom is -0.496 e. The van der Waals surface area contributed by atoms with E-state index in [4.69, 9.17) is 9.47 Å². The molecule has 0 bridgehead atoms. The summed E-state index contributed by atoms with van der Waals surface area (Å²) in [6.07, 6.45) is 1.65. The smallest absolute Gasteiger partial charge is 0.257 e. The number of anilines is 1. The van der Waals surface area contributed by atoms with E-state index in [2.05, 4.69) is 19.2 Å². The van der Waals surface area contributed by atoms with Crippen LogP contribution in [0.2, 0.25) is 0 Å². The molecule has 5 heteroatoms. The predicted octanol–water partition coefficient (Wildman–Crippen LogP) is 4.00. The highest BCUT2D eigenvalue weighted by Gasteiger charge is 2.35. The number of fused-ring (bicyclic) bond motifs is 2. The van der Waals surface area contributed by atoms with Crippen LogP contribution in [0.3, 0.4) is 0 Å². The lowest BCUT2D eigenvalue weighted by Crippen LogP contribution is -2.43. The van der Waals surface area contributed by atoms with Crippen molar-refractivity contribution in [2.45, 2.75) is 39.0 Å². The van der Waals surface area contributed by atoms with Crippen LogP contribution in [0.4, 0.5) is 5.69 Å². The first-order chi connectivity index (χ1) is 12.6. The number of methoxy groups -OCH3 is 1. The molecule has 26 heavy (non-hydrogen) atoms. The summed E-state index contributed by atoms with van der Waals surface area (Å²) < 4.78 is 11.6. The van der Waals surface area contributed by atoms with Crippen LogP contribution in [0, 0.1) is 0 Å². The van der Waals surface area contributed by atoms with Gasteiger partial charge in [-0.25, -0.2) is 0 Å². The van der Waals surface area contributed by atoms with Crippen LogP contribution in [0.5, 0.6) is 11.5 Å². The molecule has 1 amide bonds. The van der Waals surface area contributed by atoms with Crippen molar-refractivity contribution in [1.82, 2.24) is 4.90 Å². The number of amides is 1. The fourth-order valence-electron chi connectivity index (χ4n) is 3.86. The average Bonchev–Trinajstić information content (AvgIpc) is 3.01. The molecule has 0 aromatic heterocycles. The Kier molecular flexibility index (Phi) is 4.23. The molecule has 2 aliphatic rings. The van der Waals surface area contributed by atoms with Crippen LogP contribution < -0.4 is 14.8 Å². The van der Waals surface area contributed by atoms with Crippen molar-refractivity contribution in [3.63, 3.8) is 0 Å². The molecule has 2 heterocycles. The number of hydrogen-bond acceptors (Lipinski definition) is 4. The predicted molar refractivity (Wildman–Crippen MR) is 101 cm³/mol. The van der Waals surface area contributed by atoms with Crippen LogP contribution >= 0.6 is 0 Å². The van der Waals surface area contributed by atoms with Crippen molar-refractivity contribution >= 4 is 11.6 Å². The molecule has 5 nitrogen and oxygen atoms in total. The molecule has 2 aromatic carbocycles. The second-order valence-electron chi connectivity index (χ2n) is 6.93. The lowest BCUT2D eigenvalue weighted by molar-refractivity contribution is 0.0681. The number of carbonyl (C=O) groups is 1. The van der Waals surface area contributed by atoms with Gasteiger partial charge in [-0.3, -0.25) is 4.79 Å². The Morgan fingerprint density at radius 3 is 2.88 bits per heavy atom. The molecule has 0 radical (unpaired) electrons. The number of hydrogen-bond donors (Lipinski definition) is 1. The maximum absolute atomic E-state index is 13.1. The molecule has 2 aromatic rings. The maximum Gasteiger partial charge on any atom is 0.257 e. The van der Waals surface area contributed by atoms with Crippen LogP contribution in [0.15, 0.2) is 36.4 Å². The largest absolute Gasteiger partial charge is 0.496 e. The van der Waals surface area contributed by atoms with Gasteiger partial charge in [-0.05, 0) is 37.6 Å². The number of para-hydroxylation sites is 1. The third-order valence-corrected chi connectivity index (χ3v) is 5.03. The van der Waals surface area contributed by atoms with Crippen molar-refractivity contribution in [2.24, 2.45) is 0 Å². The van der Waals surface area contributed by atoms with Crippen molar-refractivity contribution in [3.8, 4) is 11.5 Å². The quantitative estimate of drug-likeness (QED) is 0.904. The fraction of sp³-hybridized carbons (Fsp3) is 0.381. The van der Waals surface area contributed by atoms with Gasteiger partial charge in [0, 0.05) is 29.8 Å². The summed E-state index contributed by atoms with van der Waals surface area (Å²) in [5.74, 6) is 1.72. The second kappa shape index (κ2) is 6.56. The molecule has 0 saturated carbocycles. The van der Waals surface area contributed by atoms with E-state index in [1.165, 1.54) is 0 Å². The van der Waals surface area contributed by atoms with Gasteiger partial charge in [0.25, 0.3) is 5.91 Å². The Bertz CT molecular complexity index is 849. The number of benzene rings is 2. The first kappa shape index (κ1) is 16.8. The molecule has 2 atom stereocenters. The van der Waals surface area contributed by atoms with Crippen LogP contribution in [-0.4, -0.2) is 30.6 Å². The fourth-order valence-corrected chi connectivity index (χ4v) is 3.86. The van der Waals surface area contributed by atoms with Crippen molar-refractivity contribution in [2.75, 3.05) is 19.0 Å². The molecule has 0 aliphatic carbocycles. The highest BCUT2D eigenvalue weighted by molar-refractivity contribution is 6.01. The summed E-state index contributed by atoms with van der Waals surface area (Å²) in [5, 5.41) is 3.53. The van der Waals surface area contributed by atoms with Crippen LogP contribution in [-0.2, 0) is 6.42 Å². The minimum atomic E-state index is -0.280. The topological polar surface area (TPSA) is 50.8 Å². The van der Waals surface area contributed by atoms with E-state index >= 15 is 0 Å². The molecule has 0 unspecified atom stereocenters. The standard InChI is InChI=1S/C21H24N2O3/c1-4-9-23-20(22-17-8-6-5-7-15(17)21(23)24)16-12-18-14(10-13(2)26-18)11-19(16)25-3/h5-8,11-13,20,22H,4,9-10H2,1-3H3/t13-,20+/m0/s1. The molecule has 0 spiro atoms. The monoisotopic (exact) mass is 352 g/mol. The van der Waals surface area contributed by atoms with Gasteiger partial charge in [0.1, 0.15) is 23.8 Å². The Balaban J connectivity index is 1.81. The number of ether oxygens (including phenoxy) is 2. The van der Waals surface area contributed by atoms with Gasteiger partial charge < -0.3 is 19.7 Å². The molecule has 136 valence electrons. The second-order valence-corrected chi connectivity index (χ2v) is 6.93. The Morgan fingerprint density at radius 1 is 1.31 bits per heavy atom. The zero-order chi connectivity index (χ0) is 18.3. The van der Waals surface area contributed by atoms with Gasteiger partial charge in [0.15, 0.2) is 0 Å². The number of carbonyl (C=O) groups excluding carboxylic acids is 1. The van der Waals surface area contributed by atoms with Gasteiger partial charge in [0.2, 0.25) is 0 Å². The van der Waals surface area contributed by atoms with Gasteiger partial charge in [-0.1, -0.05) is 19.1 Å². The lowest BCUT2D eigenvalue weighted by Gasteiger charge is -2.38. The summed E-state index contributed by atoms with van der Waals surface area (Å²) in [7, 11) is 1.67. The zero-order valence-corrected chi connectivity index (χ0v) is 15.4. The van der Waals surface area contributed by atoms with E-state index in [9.17, 15) is 4.79 Å². The van der Waals surface area contributed by atoms with Crippen LogP contribution in [0.1, 0.15) is 47.9 Å². The summed E-state index contributed by atoms with van der Waals surface area (Å²) >= 11 is 0. The molecular weight excluding hydrogens is 328 g/mol. The van der Waals surface area contributed by atoms with Crippen molar-refractivity contribution < 1.29 is 14.3 Å². The first-order valence-electron chi connectivity index (χ1n) is 9.16. The normalized spacial score (nSPS) is 20.9. The van der Waals surface area contributed by atoms with E-state index in [0.29, 0.717) is 12.1 Å². The highest BCUT2D eigenvalue weighted by atomic mass is 16.5. The van der Waals surface area contributed by atoms with Crippen LogP contribution in [0.25, 0.3) is 0 Å². The SMILES string of the molecule is CCCN1C(=O)c2ccccc2N[C@H]1c1cc2c(cc1OC)C[C@H](C)O2. The molecule has 2 aliphatic heterocycles. The molecule has 1 N–H and O–H groups in total. The van der Waals surface area contributed by atoms with E-state index in [1.807, 2.05) is 41.3 Å². The molecule has 0 saturated heterocycles.